The lowest BCUT2D eigenvalue weighted by molar-refractivity contribution is 0.0186. The Labute approximate surface area is 94.7 Å². The van der Waals surface area contributed by atoms with Crippen molar-refractivity contribution in [2.24, 2.45) is 5.41 Å². The van der Waals surface area contributed by atoms with Crippen molar-refractivity contribution in [2.75, 3.05) is 13.1 Å². The van der Waals surface area contributed by atoms with Crippen LogP contribution in [0.4, 0.5) is 0 Å². The second kappa shape index (κ2) is 5.31. The monoisotopic (exact) mass is 213 g/mol. The van der Waals surface area contributed by atoms with Crippen molar-refractivity contribution in [1.82, 2.24) is 4.90 Å². The van der Waals surface area contributed by atoms with Gasteiger partial charge in [0, 0.05) is 12.6 Å². The Bertz CT molecular complexity index is 185. The van der Waals surface area contributed by atoms with E-state index in [1.807, 2.05) is 0 Å². The van der Waals surface area contributed by atoms with Crippen LogP contribution in [-0.4, -0.2) is 35.2 Å². The number of aliphatic hydroxyl groups excluding tert-OH is 1. The molecular weight excluding hydrogens is 186 g/mol. The Hall–Kier alpha value is -0.0800. The lowest BCUT2D eigenvalue weighted by Crippen LogP contribution is -2.43. The fraction of sp³-hybridized carbons (Fsp3) is 1.00. The number of β-amino-alcohol motifs (C(OH)–C–C–N with tert-alkyl or cyclic N) is 1. The summed E-state index contributed by atoms with van der Waals surface area (Å²) in [5.41, 5.74) is 0.00598. The minimum atomic E-state index is -0.210. The quantitative estimate of drug-likeness (QED) is 0.762. The predicted molar refractivity (Wildman–Crippen MR) is 65.0 cm³/mol. The van der Waals surface area contributed by atoms with Gasteiger partial charge in [-0.15, -0.1) is 0 Å². The van der Waals surface area contributed by atoms with E-state index >= 15 is 0 Å². The first-order chi connectivity index (χ1) is 6.91. The zero-order chi connectivity index (χ0) is 11.5. The minimum absolute atomic E-state index is 0.00598. The highest BCUT2D eigenvalue weighted by molar-refractivity contribution is 4.80. The van der Waals surface area contributed by atoms with E-state index in [1.165, 1.54) is 25.7 Å². The standard InChI is InChI=1S/C13H27NO/c1-11-8-6-5-7-9-14(11)10-12(15)13(2,3)4/h11-12,15H,5-10H2,1-4H3. The third-order valence-corrected chi connectivity index (χ3v) is 3.60. The molecule has 1 aliphatic rings. The van der Waals surface area contributed by atoms with Gasteiger partial charge in [-0.3, -0.25) is 4.90 Å². The summed E-state index contributed by atoms with van der Waals surface area (Å²) >= 11 is 0. The van der Waals surface area contributed by atoms with E-state index in [2.05, 4.69) is 32.6 Å². The van der Waals surface area contributed by atoms with Crippen LogP contribution < -0.4 is 0 Å². The zero-order valence-corrected chi connectivity index (χ0v) is 10.8. The van der Waals surface area contributed by atoms with Crippen molar-refractivity contribution in [1.29, 1.82) is 0 Å². The molecule has 0 aliphatic carbocycles. The summed E-state index contributed by atoms with van der Waals surface area (Å²) in [5.74, 6) is 0. The van der Waals surface area contributed by atoms with Gasteiger partial charge in [-0.2, -0.15) is 0 Å². The molecule has 0 amide bonds. The molecule has 0 saturated carbocycles. The molecule has 0 bridgehead atoms. The van der Waals surface area contributed by atoms with E-state index in [0.717, 1.165) is 13.1 Å². The molecule has 15 heavy (non-hydrogen) atoms. The fourth-order valence-corrected chi connectivity index (χ4v) is 2.10. The lowest BCUT2D eigenvalue weighted by Gasteiger charge is -2.34. The first-order valence-electron chi connectivity index (χ1n) is 6.33. The molecule has 0 aromatic rings. The molecule has 1 fully saturated rings. The van der Waals surface area contributed by atoms with Gasteiger partial charge in [0.15, 0.2) is 0 Å². The van der Waals surface area contributed by atoms with E-state index < -0.39 is 0 Å². The zero-order valence-electron chi connectivity index (χ0n) is 10.8. The van der Waals surface area contributed by atoms with E-state index in [4.69, 9.17) is 0 Å². The minimum Gasteiger partial charge on any atom is -0.391 e. The summed E-state index contributed by atoms with van der Waals surface area (Å²) in [6, 6.07) is 0.643. The van der Waals surface area contributed by atoms with E-state index in [9.17, 15) is 5.11 Å². The van der Waals surface area contributed by atoms with Crippen molar-refractivity contribution in [3.63, 3.8) is 0 Å². The molecular formula is C13H27NO. The van der Waals surface area contributed by atoms with Crippen molar-refractivity contribution < 1.29 is 5.11 Å². The second-order valence-corrected chi connectivity index (χ2v) is 6.08. The highest BCUT2D eigenvalue weighted by Crippen LogP contribution is 2.23. The van der Waals surface area contributed by atoms with Crippen LogP contribution in [0.25, 0.3) is 0 Å². The van der Waals surface area contributed by atoms with Crippen molar-refractivity contribution >= 4 is 0 Å². The van der Waals surface area contributed by atoms with Gasteiger partial charge in [0.05, 0.1) is 6.10 Å². The van der Waals surface area contributed by atoms with Gasteiger partial charge >= 0.3 is 0 Å². The summed E-state index contributed by atoms with van der Waals surface area (Å²) in [6.45, 7) is 10.6. The largest absolute Gasteiger partial charge is 0.391 e. The number of aliphatic hydroxyl groups is 1. The molecule has 2 unspecified atom stereocenters. The molecule has 1 saturated heterocycles. The van der Waals surface area contributed by atoms with Gasteiger partial charge < -0.3 is 5.11 Å². The molecule has 2 atom stereocenters. The molecule has 1 N–H and O–H groups in total. The normalized spacial score (nSPS) is 27.4. The van der Waals surface area contributed by atoms with Gasteiger partial charge in [0.25, 0.3) is 0 Å². The first kappa shape index (κ1) is 13.0. The summed E-state index contributed by atoms with van der Waals surface area (Å²) in [7, 11) is 0. The SMILES string of the molecule is CC1CCCCCN1CC(O)C(C)(C)C. The van der Waals surface area contributed by atoms with Crippen LogP contribution in [-0.2, 0) is 0 Å². The maximum atomic E-state index is 10.1. The van der Waals surface area contributed by atoms with Crippen molar-refractivity contribution in [2.45, 2.75) is 65.5 Å². The molecule has 0 radical (unpaired) electrons. The van der Waals surface area contributed by atoms with Gasteiger partial charge in [-0.1, -0.05) is 33.6 Å². The molecule has 1 heterocycles. The van der Waals surface area contributed by atoms with Gasteiger partial charge in [-0.25, -0.2) is 0 Å². The van der Waals surface area contributed by atoms with Crippen LogP contribution in [0.2, 0.25) is 0 Å². The maximum Gasteiger partial charge on any atom is 0.0715 e. The van der Waals surface area contributed by atoms with Crippen LogP contribution in [0.15, 0.2) is 0 Å². The van der Waals surface area contributed by atoms with Crippen LogP contribution >= 0.6 is 0 Å². The van der Waals surface area contributed by atoms with Crippen LogP contribution in [0.1, 0.15) is 53.4 Å². The van der Waals surface area contributed by atoms with E-state index in [0.29, 0.717) is 6.04 Å². The number of nitrogens with zero attached hydrogens (tertiary/aromatic N) is 1. The lowest BCUT2D eigenvalue weighted by atomic mass is 9.88. The predicted octanol–water partition coefficient (Wildman–Crippen LogP) is 2.66. The van der Waals surface area contributed by atoms with Crippen LogP contribution in [0, 0.1) is 5.41 Å². The first-order valence-corrected chi connectivity index (χ1v) is 6.33. The third kappa shape index (κ3) is 4.12. The summed E-state index contributed by atoms with van der Waals surface area (Å²) in [4.78, 5) is 2.46. The van der Waals surface area contributed by atoms with Crippen molar-refractivity contribution in [3.05, 3.63) is 0 Å². The van der Waals surface area contributed by atoms with Gasteiger partial charge in [0.2, 0.25) is 0 Å². The summed E-state index contributed by atoms with van der Waals surface area (Å²) in [5, 5.41) is 10.1. The summed E-state index contributed by atoms with van der Waals surface area (Å²) < 4.78 is 0. The second-order valence-electron chi connectivity index (χ2n) is 6.08. The third-order valence-electron chi connectivity index (χ3n) is 3.60. The smallest absolute Gasteiger partial charge is 0.0715 e. The molecule has 2 nitrogen and oxygen atoms in total. The Morgan fingerprint density at radius 3 is 2.53 bits per heavy atom. The summed E-state index contributed by atoms with van der Waals surface area (Å²) in [6.07, 6.45) is 5.08. The fourth-order valence-electron chi connectivity index (χ4n) is 2.10. The average Bonchev–Trinajstić information content (AvgIpc) is 2.30. The number of rotatable bonds is 2. The Balaban J connectivity index is 2.48. The molecule has 0 aromatic heterocycles. The molecule has 0 aromatic carbocycles. The highest BCUT2D eigenvalue weighted by atomic mass is 16.3. The van der Waals surface area contributed by atoms with Crippen LogP contribution in [0.5, 0.6) is 0 Å². The Morgan fingerprint density at radius 2 is 1.93 bits per heavy atom. The Morgan fingerprint density at radius 1 is 1.27 bits per heavy atom. The number of likely N-dealkylation sites (tertiary alicyclic amines) is 1. The Kier molecular flexibility index (Phi) is 4.60. The maximum absolute atomic E-state index is 10.1. The van der Waals surface area contributed by atoms with Gasteiger partial charge in [0.1, 0.15) is 0 Å². The topological polar surface area (TPSA) is 23.5 Å². The molecule has 0 spiro atoms. The van der Waals surface area contributed by atoms with Gasteiger partial charge in [-0.05, 0) is 31.7 Å². The van der Waals surface area contributed by atoms with E-state index in [-0.39, 0.29) is 11.5 Å². The van der Waals surface area contributed by atoms with Crippen molar-refractivity contribution in [3.8, 4) is 0 Å². The average molecular weight is 213 g/mol. The molecule has 90 valence electrons. The molecule has 2 heteroatoms. The molecule has 1 rings (SSSR count). The van der Waals surface area contributed by atoms with Crippen LogP contribution in [0.3, 0.4) is 0 Å². The highest BCUT2D eigenvalue weighted by Gasteiger charge is 2.26. The van der Waals surface area contributed by atoms with E-state index in [1.54, 1.807) is 0 Å². The number of hydrogen-bond donors (Lipinski definition) is 1. The number of hydrogen-bond acceptors (Lipinski definition) is 2. The molecule has 1 aliphatic heterocycles.